The summed E-state index contributed by atoms with van der Waals surface area (Å²) in [5, 5.41) is 31.0. The number of benzene rings is 1. The minimum Gasteiger partial charge on any atom is -0.276 e. The van der Waals surface area contributed by atoms with E-state index in [1.54, 1.807) is 18.2 Å². The van der Waals surface area contributed by atoms with E-state index in [1.807, 2.05) is 22.6 Å². The van der Waals surface area contributed by atoms with Gasteiger partial charge in [0, 0.05) is 6.07 Å². The minimum atomic E-state index is -0.522. The molecule has 1 N–H and O–H groups in total. The monoisotopic (exact) mass is 341 g/mol. The van der Waals surface area contributed by atoms with E-state index in [0.717, 1.165) is 0 Å². The topological polar surface area (TPSA) is 115 Å². The van der Waals surface area contributed by atoms with Crippen LogP contribution in [0.3, 0.4) is 0 Å². The Kier molecular flexibility index (Phi) is 4.37. The van der Waals surface area contributed by atoms with Crippen LogP contribution in [0.2, 0.25) is 0 Å². The summed E-state index contributed by atoms with van der Waals surface area (Å²) in [4.78, 5) is 10.1. The van der Waals surface area contributed by atoms with Crippen LogP contribution in [0.25, 0.3) is 0 Å². The van der Waals surface area contributed by atoms with Crippen LogP contribution in [0.5, 0.6) is 0 Å². The van der Waals surface area contributed by atoms with Gasteiger partial charge in [0.2, 0.25) is 5.71 Å². The number of anilines is 1. The molecule has 0 aliphatic rings. The van der Waals surface area contributed by atoms with Crippen LogP contribution in [-0.2, 0) is 0 Å². The summed E-state index contributed by atoms with van der Waals surface area (Å²) in [6, 6.07) is 7.50. The van der Waals surface area contributed by atoms with Crippen LogP contribution in [0.15, 0.2) is 23.3 Å². The number of nitriles is 2. The molecule has 8 heteroatoms. The van der Waals surface area contributed by atoms with Gasteiger partial charge >= 0.3 is 0 Å². The summed E-state index contributed by atoms with van der Waals surface area (Å²) in [7, 11) is 0. The van der Waals surface area contributed by atoms with Crippen LogP contribution in [0, 0.1) is 36.3 Å². The Morgan fingerprint density at radius 1 is 1.47 bits per heavy atom. The van der Waals surface area contributed by atoms with Gasteiger partial charge in [-0.05, 0) is 34.7 Å². The fraction of sp³-hybridized carbons (Fsp3) is 0. The molecule has 84 valence electrons. The lowest BCUT2D eigenvalue weighted by molar-refractivity contribution is -0.385. The lowest BCUT2D eigenvalue weighted by atomic mass is 10.3. The SMILES string of the molecule is N#CC(C#N)=NNc1ccc(I)c([N+](=O)[O-])c1. The van der Waals surface area contributed by atoms with E-state index in [-0.39, 0.29) is 11.4 Å². The maximum Gasteiger partial charge on any atom is 0.284 e. The zero-order valence-electron chi connectivity index (χ0n) is 8.22. The molecule has 0 aromatic heterocycles. The van der Waals surface area contributed by atoms with E-state index in [4.69, 9.17) is 10.5 Å². The van der Waals surface area contributed by atoms with E-state index in [0.29, 0.717) is 9.26 Å². The average Bonchev–Trinajstić information content (AvgIpc) is 2.32. The van der Waals surface area contributed by atoms with Crippen molar-refractivity contribution in [3.05, 3.63) is 31.9 Å². The number of hydrogen-bond acceptors (Lipinski definition) is 6. The Morgan fingerprint density at radius 3 is 2.65 bits per heavy atom. The van der Waals surface area contributed by atoms with Gasteiger partial charge < -0.3 is 0 Å². The molecular weight excluding hydrogens is 337 g/mol. The van der Waals surface area contributed by atoms with Crippen LogP contribution >= 0.6 is 22.6 Å². The fourth-order valence-corrected chi connectivity index (χ4v) is 1.45. The number of halogens is 1. The Hall–Kier alpha value is -2.20. The predicted octanol–water partition coefficient (Wildman–Crippen LogP) is 2.01. The van der Waals surface area contributed by atoms with Gasteiger partial charge in [0.1, 0.15) is 12.1 Å². The molecule has 7 nitrogen and oxygen atoms in total. The molecule has 1 aromatic carbocycles. The zero-order valence-corrected chi connectivity index (χ0v) is 10.4. The fourth-order valence-electron chi connectivity index (χ4n) is 0.918. The molecule has 0 aliphatic carbocycles. The number of nitro benzene ring substituents is 1. The highest BCUT2D eigenvalue weighted by molar-refractivity contribution is 14.1. The van der Waals surface area contributed by atoms with Crippen molar-refractivity contribution >= 4 is 39.7 Å². The lowest BCUT2D eigenvalue weighted by Crippen LogP contribution is -1.98. The molecule has 0 saturated heterocycles. The third kappa shape index (κ3) is 3.39. The maximum absolute atomic E-state index is 10.7. The Bertz CT molecular complexity index is 554. The highest BCUT2D eigenvalue weighted by Gasteiger charge is 2.11. The second-order valence-electron chi connectivity index (χ2n) is 2.72. The molecule has 1 rings (SSSR count). The van der Waals surface area contributed by atoms with Gasteiger partial charge in [-0.25, -0.2) is 0 Å². The molecule has 0 bridgehead atoms. The molecular formula is C9H4IN5O2. The number of nitro groups is 1. The number of nitrogens with zero attached hydrogens (tertiary/aromatic N) is 4. The molecule has 17 heavy (non-hydrogen) atoms. The Labute approximate surface area is 110 Å². The van der Waals surface area contributed by atoms with E-state index < -0.39 is 4.92 Å². The summed E-state index contributed by atoms with van der Waals surface area (Å²) < 4.78 is 0.489. The van der Waals surface area contributed by atoms with E-state index >= 15 is 0 Å². The van der Waals surface area contributed by atoms with Crippen LogP contribution < -0.4 is 5.43 Å². The third-order valence-electron chi connectivity index (χ3n) is 1.65. The number of hydrazone groups is 1. The summed E-state index contributed by atoms with van der Waals surface area (Å²) in [5.41, 5.74) is 2.31. The van der Waals surface area contributed by atoms with Crippen molar-refractivity contribution in [2.75, 3.05) is 5.43 Å². The Balaban J connectivity index is 3.00. The van der Waals surface area contributed by atoms with E-state index in [9.17, 15) is 10.1 Å². The number of nitrogens with one attached hydrogen (secondary N) is 1. The van der Waals surface area contributed by atoms with Crippen molar-refractivity contribution in [3.63, 3.8) is 0 Å². The van der Waals surface area contributed by atoms with Gasteiger partial charge in [-0.2, -0.15) is 15.6 Å². The standard InChI is InChI=1S/C9H4IN5O2/c10-8-2-1-6(3-9(8)15(16)17)13-14-7(4-11)5-12/h1-3,13H. The van der Waals surface area contributed by atoms with Crippen LogP contribution in [0.4, 0.5) is 11.4 Å². The number of hydrogen-bond donors (Lipinski definition) is 1. The average molecular weight is 341 g/mol. The molecule has 0 spiro atoms. The molecule has 0 amide bonds. The second kappa shape index (κ2) is 5.77. The first kappa shape index (κ1) is 12.9. The summed E-state index contributed by atoms with van der Waals surface area (Å²) in [6.45, 7) is 0. The first-order valence-corrected chi connectivity index (χ1v) is 5.24. The molecule has 1 aromatic rings. The molecule has 0 atom stereocenters. The van der Waals surface area contributed by atoms with Crippen molar-refractivity contribution in [1.82, 2.24) is 0 Å². The van der Waals surface area contributed by atoms with Crippen molar-refractivity contribution in [2.45, 2.75) is 0 Å². The lowest BCUT2D eigenvalue weighted by Gasteiger charge is -2.00. The zero-order chi connectivity index (χ0) is 12.8. The molecule has 0 fully saturated rings. The third-order valence-corrected chi connectivity index (χ3v) is 2.56. The van der Waals surface area contributed by atoms with Gasteiger partial charge in [-0.15, -0.1) is 0 Å². The first-order chi connectivity index (χ1) is 8.08. The minimum absolute atomic E-state index is 0.0683. The quantitative estimate of drug-likeness (QED) is 0.391. The normalized spacial score (nSPS) is 8.65. The molecule has 0 unspecified atom stereocenters. The van der Waals surface area contributed by atoms with Crippen molar-refractivity contribution in [3.8, 4) is 12.1 Å². The van der Waals surface area contributed by atoms with Gasteiger partial charge in [-0.1, -0.05) is 0 Å². The van der Waals surface area contributed by atoms with Crippen molar-refractivity contribution in [2.24, 2.45) is 5.10 Å². The van der Waals surface area contributed by atoms with E-state index in [2.05, 4.69) is 10.5 Å². The van der Waals surface area contributed by atoms with E-state index in [1.165, 1.54) is 12.1 Å². The second-order valence-corrected chi connectivity index (χ2v) is 3.88. The summed E-state index contributed by atoms with van der Waals surface area (Å²) >= 11 is 1.84. The largest absolute Gasteiger partial charge is 0.284 e. The van der Waals surface area contributed by atoms with Crippen molar-refractivity contribution in [1.29, 1.82) is 10.5 Å². The van der Waals surface area contributed by atoms with Gasteiger partial charge in [0.25, 0.3) is 5.69 Å². The van der Waals surface area contributed by atoms with Crippen LogP contribution in [-0.4, -0.2) is 10.6 Å². The highest BCUT2D eigenvalue weighted by Crippen LogP contribution is 2.24. The highest BCUT2D eigenvalue weighted by atomic mass is 127. The molecule has 0 aliphatic heterocycles. The van der Waals surface area contributed by atoms with Crippen molar-refractivity contribution < 1.29 is 4.92 Å². The first-order valence-electron chi connectivity index (χ1n) is 4.16. The van der Waals surface area contributed by atoms with Gasteiger partial charge in [-0.3, -0.25) is 15.5 Å². The maximum atomic E-state index is 10.7. The summed E-state index contributed by atoms with van der Waals surface area (Å²) in [5.74, 6) is 0. The smallest absolute Gasteiger partial charge is 0.276 e. The van der Waals surface area contributed by atoms with Crippen LogP contribution in [0.1, 0.15) is 0 Å². The predicted molar refractivity (Wildman–Crippen MR) is 68.1 cm³/mol. The molecule has 0 saturated carbocycles. The van der Waals surface area contributed by atoms with Gasteiger partial charge in [0.15, 0.2) is 0 Å². The number of rotatable bonds is 3. The molecule has 0 heterocycles. The summed E-state index contributed by atoms with van der Waals surface area (Å²) in [6.07, 6.45) is 0. The Morgan fingerprint density at radius 2 is 2.12 bits per heavy atom. The van der Waals surface area contributed by atoms with Gasteiger partial charge in [0.05, 0.1) is 14.2 Å². The molecule has 0 radical (unpaired) electrons.